The number of aromatic nitrogens is 6. The molecule has 0 aliphatic heterocycles. The molecule has 4 aromatic rings. The molecule has 5 rings (SSSR count). The van der Waals surface area contributed by atoms with Crippen LogP contribution in [0.25, 0.3) is 10.9 Å². The Morgan fingerprint density at radius 2 is 1.97 bits per heavy atom. The third-order valence-electron chi connectivity index (χ3n) is 6.75. The van der Waals surface area contributed by atoms with Crippen molar-refractivity contribution in [3.8, 4) is 6.07 Å². The first-order valence-electron chi connectivity index (χ1n) is 12.4. The smallest absolute Gasteiger partial charge is 0.263 e. The highest BCUT2D eigenvalue weighted by Gasteiger charge is 2.54. The molecule has 1 unspecified atom stereocenters. The molecule has 196 valence electrons. The van der Waals surface area contributed by atoms with Gasteiger partial charge in [0.05, 0.1) is 23.3 Å². The first kappa shape index (κ1) is 25.4. The van der Waals surface area contributed by atoms with Crippen molar-refractivity contribution >= 4 is 22.4 Å². The molecule has 0 radical (unpaired) electrons. The second-order valence-electron chi connectivity index (χ2n) is 10.9. The van der Waals surface area contributed by atoms with E-state index in [2.05, 4.69) is 62.7 Å². The lowest BCUT2D eigenvalue weighted by Gasteiger charge is -2.22. The minimum atomic E-state index is -2.53. The van der Waals surface area contributed by atoms with E-state index in [0.29, 0.717) is 53.1 Å². The Bertz CT molecular complexity index is 1510. The van der Waals surface area contributed by atoms with Crippen LogP contribution in [0.5, 0.6) is 0 Å². The molecule has 1 aliphatic carbocycles. The van der Waals surface area contributed by atoms with Crippen molar-refractivity contribution < 1.29 is 8.78 Å². The topological polar surface area (TPSA) is 117 Å². The average molecular weight is 518 g/mol. The Hall–Kier alpha value is -4.20. The Morgan fingerprint density at radius 1 is 1.18 bits per heavy atom. The first-order valence-corrected chi connectivity index (χ1v) is 12.4. The van der Waals surface area contributed by atoms with Crippen molar-refractivity contribution in [2.45, 2.75) is 58.5 Å². The van der Waals surface area contributed by atoms with E-state index in [4.69, 9.17) is 0 Å². The number of halogens is 2. The zero-order valence-electron chi connectivity index (χ0n) is 21.7. The minimum Gasteiger partial charge on any atom is -0.373 e. The summed E-state index contributed by atoms with van der Waals surface area (Å²) in [5.74, 6) is 0.623. The molecule has 1 aliphatic rings. The molecule has 1 atom stereocenters. The Morgan fingerprint density at radius 3 is 2.63 bits per heavy atom. The number of benzene rings is 1. The third kappa shape index (κ3) is 4.86. The number of hydrogen-bond acceptors (Lipinski definition) is 8. The molecule has 0 spiro atoms. The normalized spacial score (nSPS) is 15.3. The lowest BCUT2D eigenvalue weighted by atomic mass is 9.97. The van der Waals surface area contributed by atoms with E-state index >= 15 is 0 Å². The van der Waals surface area contributed by atoms with Gasteiger partial charge in [-0.15, -0.1) is 5.10 Å². The van der Waals surface area contributed by atoms with Crippen LogP contribution in [0, 0.1) is 23.7 Å². The SMILES string of the molecule is Cc1ncccc1C(Nc1cc(C#N)c2ncnc(NCC(C)(C)C)c2c1)c1cn(C2(C(F)F)CC2)nn1. The molecule has 2 N–H and O–H groups in total. The standard InChI is InChI=1S/C27H29F2N9/c1-16-19(6-5-9-31-16)23(21-13-38(37-36-21)27(7-8-27)25(28)29)35-18-10-17(12-30)22-20(11-18)24(34-15-33-22)32-14-26(2,3)4/h5-6,9-11,13,15,23,25,35H,7-8,14H2,1-4H3,(H,32,33,34). The summed E-state index contributed by atoms with van der Waals surface area (Å²) in [6.07, 6.45) is 2.90. The molecule has 1 saturated carbocycles. The maximum Gasteiger partial charge on any atom is 0.263 e. The molecule has 3 heterocycles. The molecule has 0 saturated heterocycles. The summed E-state index contributed by atoms with van der Waals surface area (Å²) in [4.78, 5) is 13.2. The lowest BCUT2D eigenvalue weighted by molar-refractivity contribution is 0.0593. The number of nitrogens with one attached hydrogen (secondary N) is 2. The molecule has 0 bridgehead atoms. The Kier molecular flexibility index (Phi) is 6.42. The van der Waals surface area contributed by atoms with Gasteiger partial charge in [0.15, 0.2) is 0 Å². The fourth-order valence-electron chi connectivity index (χ4n) is 4.41. The lowest BCUT2D eigenvalue weighted by Crippen LogP contribution is -2.26. The van der Waals surface area contributed by atoms with Crippen LogP contribution in [0.3, 0.4) is 0 Å². The van der Waals surface area contributed by atoms with E-state index in [1.807, 2.05) is 25.1 Å². The summed E-state index contributed by atoms with van der Waals surface area (Å²) in [7, 11) is 0. The van der Waals surface area contributed by atoms with Crippen molar-refractivity contribution in [2.24, 2.45) is 5.41 Å². The molecule has 3 aromatic heterocycles. The minimum absolute atomic E-state index is 0.0110. The van der Waals surface area contributed by atoms with Crippen molar-refractivity contribution in [3.63, 3.8) is 0 Å². The molecule has 38 heavy (non-hydrogen) atoms. The summed E-state index contributed by atoms with van der Waals surface area (Å²) in [5.41, 5.74) is 2.31. The Balaban J connectivity index is 1.58. The van der Waals surface area contributed by atoms with Gasteiger partial charge in [0.25, 0.3) is 6.43 Å². The predicted octanol–water partition coefficient (Wildman–Crippen LogP) is 5.21. The second kappa shape index (κ2) is 9.59. The number of hydrogen-bond donors (Lipinski definition) is 2. The van der Waals surface area contributed by atoms with Gasteiger partial charge in [-0.2, -0.15) is 5.26 Å². The van der Waals surface area contributed by atoms with Crippen LogP contribution in [-0.4, -0.2) is 42.9 Å². The molecular formula is C27H29F2N9. The van der Waals surface area contributed by atoms with Gasteiger partial charge in [-0.1, -0.05) is 32.1 Å². The number of rotatable bonds is 8. The zero-order valence-corrected chi connectivity index (χ0v) is 21.7. The van der Waals surface area contributed by atoms with Gasteiger partial charge in [0, 0.05) is 35.1 Å². The highest BCUT2D eigenvalue weighted by Crippen LogP contribution is 2.48. The van der Waals surface area contributed by atoms with Crippen LogP contribution in [0.4, 0.5) is 20.3 Å². The highest BCUT2D eigenvalue weighted by atomic mass is 19.3. The van der Waals surface area contributed by atoms with Crippen LogP contribution < -0.4 is 10.6 Å². The largest absolute Gasteiger partial charge is 0.373 e. The number of pyridine rings is 1. The predicted molar refractivity (Wildman–Crippen MR) is 140 cm³/mol. The van der Waals surface area contributed by atoms with E-state index in [-0.39, 0.29) is 5.41 Å². The summed E-state index contributed by atoms with van der Waals surface area (Å²) < 4.78 is 28.8. The highest BCUT2D eigenvalue weighted by molar-refractivity contribution is 5.95. The second-order valence-corrected chi connectivity index (χ2v) is 10.9. The zero-order chi connectivity index (χ0) is 27.1. The molecule has 1 aromatic carbocycles. The molecule has 1 fully saturated rings. The van der Waals surface area contributed by atoms with Crippen molar-refractivity contribution in [1.29, 1.82) is 5.26 Å². The third-order valence-corrected chi connectivity index (χ3v) is 6.75. The van der Waals surface area contributed by atoms with Crippen LogP contribution >= 0.6 is 0 Å². The van der Waals surface area contributed by atoms with Crippen LogP contribution in [0.15, 0.2) is 43.0 Å². The number of alkyl halides is 2. The summed E-state index contributed by atoms with van der Waals surface area (Å²) in [5, 5.41) is 25.8. The summed E-state index contributed by atoms with van der Waals surface area (Å²) in [6.45, 7) is 8.89. The molecule has 11 heteroatoms. The molecular weight excluding hydrogens is 488 g/mol. The van der Waals surface area contributed by atoms with E-state index in [1.54, 1.807) is 18.5 Å². The number of nitrogens with zero attached hydrogens (tertiary/aromatic N) is 7. The van der Waals surface area contributed by atoms with Gasteiger partial charge in [-0.05, 0) is 43.4 Å². The van der Waals surface area contributed by atoms with Gasteiger partial charge >= 0.3 is 0 Å². The summed E-state index contributed by atoms with van der Waals surface area (Å²) in [6, 6.07) is 9.00. The van der Waals surface area contributed by atoms with Gasteiger partial charge < -0.3 is 10.6 Å². The fraction of sp³-hybridized carbons (Fsp3) is 0.407. The maximum atomic E-state index is 13.7. The van der Waals surface area contributed by atoms with Gasteiger partial charge in [-0.3, -0.25) is 4.98 Å². The van der Waals surface area contributed by atoms with E-state index < -0.39 is 18.0 Å². The summed E-state index contributed by atoms with van der Waals surface area (Å²) >= 11 is 0. The number of fused-ring (bicyclic) bond motifs is 1. The van der Waals surface area contributed by atoms with Crippen LogP contribution in [-0.2, 0) is 5.54 Å². The molecule has 9 nitrogen and oxygen atoms in total. The van der Waals surface area contributed by atoms with Crippen molar-refractivity contribution in [3.05, 3.63) is 65.5 Å². The van der Waals surface area contributed by atoms with Gasteiger partial charge in [-0.25, -0.2) is 23.4 Å². The average Bonchev–Trinajstić information content (AvgIpc) is 3.56. The van der Waals surface area contributed by atoms with Gasteiger partial charge in [0.2, 0.25) is 0 Å². The van der Waals surface area contributed by atoms with Crippen LogP contribution in [0.2, 0.25) is 0 Å². The fourth-order valence-corrected chi connectivity index (χ4v) is 4.41. The monoisotopic (exact) mass is 517 g/mol. The first-order chi connectivity index (χ1) is 18.1. The van der Waals surface area contributed by atoms with E-state index in [0.717, 1.165) is 11.3 Å². The number of nitriles is 1. The van der Waals surface area contributed by atoms with E-state index in [9.17, 15) is 14.0 Å². The van der Waals surface area contributed by atoms with Crippen LogP contribution in [0.1, 0.15) is 62.2 Å². The van der Waals surface area contributed by atoms with Crippen molar-refractivity contribution in [1.82, 2.24) is 29.9 Å². The van der Waals surface area contributed by atoms with Gasteiger partial charge in [0.1, 0.15) is 29.4 Å². The quantitative estimate of drug-likeness (QED) is 0.327. The molecule has 0 amide bonds. The maximum absolute atomic E-state index is 13.7. The number of aryl methyl sites for hydroxylation is 1. The number of anilines is 2. The van der Waals surface area contributed by atoms with Crippen molar-refractivity contribution in [2.75, 3.05) is 17.2 Å². The van der Waals surface area contributed by atoms with E-state index in [1.165, 1.54) is 11.0 Å². The Labute approximate surface area is 219 Å².